The van der Waals surface area contributed by atoms with Gasteiger partial charge in [-0.2, -0.15) is 4.68 Å². The lowest BCUT2D eigenvalue weighted by Gasteiger charge is -2.27. The van der Waals surface area contributed by atoms with Crippen LogP contribution in [0, 0.1) is 10.8 Å². The number of sulfone groups is 1. The first-order chi connectivity index (χ1) is 16.1. The van der Waals surface area contributed by atoms with E-state index in [4.69, 9.17) is 9.47 Å². The van der Waals surface area contributed by atoms with Crippen LogP contribution in [0.25, 0.3) is 5.69 Å². The molecule has 2 unspecified atom stereocenters. The van der Waals surface area contributed by atoms with Crippen LogP contribution in [0.1, 0.15) is 66.7 Å². The van der Waals surface area contributed by atoms with Crippen molar-refractivity contribution in [2.24, 2.45) is 10.8 Å². The van der Waals surface area contributed by atoms with Crippen molar-refractivity contribution >= 4 is 15.8 Å². The minimum atomic E-state index is -3.93. The van der Waals surface area contributed by atoms with Crippen molar-refractivity contribution in [1.29, 1.82) is 0 Å². The normalized spacial score (nSPS) is 23.7. The van der Waals surface area contributed by atoms with Crippen LogP contribution < -0.4 is 0 Å². The zero-order valence-electron chi connectivity index (χ0n) is 20.9. The molecule has 4 rings (SSSR count). The first-order valence-electron chi connectivity index (χ1n) is 11.8. The summed E-state index contributed by atoms with van der Waals surface area (Å²) >= 11 is 0. The third kappa shape index (κ3) is 6.25. The molecule has 192 valence electrons. The molecule has 2 atom stereocenters. The van der Waals surface area contributed by atoms with Crippen LogP contribution in [0.2, 0.25) is 0 Å². The Morgan fingerprint density at radius 2 is 1.83 bits per heavy atom. The molecule has 0 aliphatic heterocycles. The molecule has 0 amide bonds. The number of nitrogens with zero attached hydrogens (tertiary/aromatic N) is 4. The van der Waals surface area contributed by atoms with Gasteiger partial charge in [0.25, 0.3) is 5.16 Å². The number of rotatable bonds is 10. The summed E-state index contributed by atoms with van der Waals surface area (Å²) in [6.45, 7) is 8.51. The molecule has 2 aromatic rings. The van der Waals surface area contributed by atoms with Gasteiger partial charge in [-0.1, -0.05) is 23.3 Å². The van der Waals surface area contributed by atoms with Crippen LogP contribution >= 0.6 is 0 Å². The number of carbonyl (C=O) groups is 1. The minimum absolute atomic E-state index is 0.225. The Balaban J connectivity index is 1.58. The highest BCUT2D eigenvalue weighted by Gasteiger charge is 2.64. The van der Waals surface area contributed by atoms with Crippen molar-refractivity contribution < 1.29 is 27.8 Å². The number of carbonyl (C=O) groups excluding carboxylic acids is 1. The van der Waals surface area contributed by atoms with Gasteiger partial charge >= 0.3 is 5.97 Å². The van der Waals surface area contributed by atoms with Crippen LogP contribution in [0.3, 0.4) is 0 Å². The van der Waals surface area contributed by atoms with E-state index in [0.29, 0.717) is 18.5 Å². The van der Waals surface area contributed by atoms with Crippen molar-refractivity contribution in [2.45, 2.75) is 89.4 Å². The highest BCUT2D eigenvalue weighted by Crippen LogP contribution is 2.65. The molecule has 1 aromatic carbocycles. The summed E-state index contributed by atoms with van der Waals surface area (Å²) in [6, 6.07) is 8.82. The van der Waals surface area contributed by atoms with E-state index in [9.17, 15) is 18.3 Å². The van der Waals surface area contributed by atoms with Crippen LogP contribution in [-0.2, 0) is 24.1 Å². The molecule has 11 heteroatoms. The van der Waals surface area contributed by atoms with Crippen molar-refractivity contribution in [2.75, 3.05) is 5.75 Å². The van der Waals surface area contributed by atoms with E-state index in [1.165, 1.54) is 18.5 Å². The van der Waals surface area contributed by atoms with E-state index in [1.54, 1.807) is 24.3 Å². The van der Waals surface area contributed by atoms with E-state index in [1.807, 2.05) is 26.8 Å². The monoisotopic (exact) mass is 506 g/mol. The zero-order chi connectivity index (χ0) is 25.7. The third-order valence-electron chi connectivity index (χ3n) is 6.37. The summed E-state index contributed by atoms with van der Waals surface area (Å²) in [7, 11) is -3.93. The summed E-state index contributed by atoms with van der Waals surface area (Å²) in [5.41, 5.74) is -1.14. The largest absolute Gasteiger partial charge is 0.460 e. The van der Waals surface area contributed by atoms with Crippen LogP contribution in [-0.4, -0.2) is 62.9 Å². The van der Waals surface area contributed by atoms with Gasteiger partial charge in [0, 0.05) is 5.41 Å². The molecule has 2 aliphatic carbocycles. The van der Waals surface area contributed by atoms with Gasteiger partial charge in [-0.05, 0) is 88.3 Å². The number of aromatic nitrogens is 4. The van der Waals surface area contributed by atoms with Crippen molar-refractivity contribution in [3.63, 3.8) is 0 Å². The molecule has 0 bridgehead atoms. The summed E-state index contributed by atoms with van der Waals surface area (Å²) < 4.78 is 39.7. The number of benzene rings is 1. The first kappa shape index (κ1) is 25.7. The van der Waals surface area contributed by atoms with Gasteiger partial charge in [-0.25, -0.2) is 8.42 Å². The molecular weight excluding hydrogens is 472 g/mol. The van der Waals surface area contributed by atoms with Gasteiger partial charge in [0.05, 0.1) is 24.0 Å². The standard InChI is InChI=1S/C24H34N4O6S/c1-21(2,3)34-19(29)14-23(11-12-23)15-24(13-18(24)33-22(4,5)30)16-35(31,32)20-25-26-27-28(20)17-9-7-6-8-10-17/h6-10,18,30H,11-16H2,1-5H3. The Hall–Kier alpha value is -2.37. The number of ether oxygens (including phenoxy) is 2. The van der Waals surface area contributed by atoms with Gasteiger partial charge in [0.15, 0.2) is 5.79 Å². The molecule has 1 N–H and O–H groups in total. The average Bonchev–Trinajstić information content (AvgIpc) is 3.50. The first-order valence-corrected chi connectivity index (χ1v) is 13.5. The predicted octanol–water partition coefficient (Wildman–Crippen LogP) is 2.84. The molecular formula is C24H34N4O6S. The predicted molar refractivity (Wildman–Crippen MR) is 126 cm³/mol. The number of hydrogen-bond acceptors (Lipinski definition) is 9. The van der Waals surface area contributed by atoms with Gasteiger partial charge in [0.1, 0.15) is 5.60 Å². The number of aliphatic hydroxyl groups is 1. The fraction of sp³-hybridized carbons (Fsp3) is 0.667. The SMILES string of the molecule is CC(C)(C)OC(=O)CC1(CC2(CS(=O)(=O)c3nnnn3-c3ccccc3)CC2OC(C)(C)O)CC1. The molecule has 35 heavy (non-hydrogen) atoms. The Labute approximate surface area is 205 Å². The lowest BCUT2D eigenvalue weighted by molar-refractivity contribution is -0.190. The lowest BCUT2D eigenvalue weighted by Crippen LogP contribution is -2.32. The highest BCUT2D eigenvalue weighted by atomic mass is 32.2. The summed E-state index contributed by atoms with van der Waals surface area (Å²) in [4.78, 5) is 12.6. The minimum Gasteiger partial charge on any atom is -0.460 e. The Morgan fingerprint density at radius 1 is 1.17 bits per heavy atom. The van der Waals surface area contributed by atoms with Crippen LogP contribution in [0.15, 0.2) is 35.5 Å². The highest BCUT2D eigenvalue weighted by molar-refractivity contribution is 7.91. The molecule has 0 radical (unpaired) electrons. The maximum atomic E-state index is 13.6. The van der Waals surface area contributed by atoms with Crippen LogP contribution in [0.4, 0.5) is 0 Å². The maximum Gasteiger partial charge on any atom is 0.306 e. The third-order valence-corrected chi connectivity index (χ3v) is 8.13. The van der Waals surface area contributed by atoms with E-state index in [-0.39, 0.29) is 28.7 Å². The van der Waals surface area contributed by atoms with E-state index in [2.05, 4.69) is 15.5 Å². The van der Waals surface area contributed by atoms with Gasteiger partial charge in [-0.15, -0.1) is 0 Å². The Bertz CT molecular complexity index is 1180. The molecule has 2 fully saturated rings. The number of esters is 1. The van der Waals surface area contributed by atoms with E-state index in [0.717, 1.165) is 12.8 Å². The van der Waals surface area contributed by atoms with Crippen molar-refractivity contribution in [1.82, 2.24) is 20.2 Å². The fourth-order valence-electron chi connectivity index (χ4n) is 4.78. The topological polar surface area (TPSA) is 134 Å². The second kappa shape index (κ2) is 8.63. The number of hydrogen-bond donors (Lipinski definition) is 1. The van der Waals surface area contributed by atoms with Crippen molar-refractivity contribution in [3.8, 4) is 5.69 Å². The molecule has 1 aromatic heterocycles. The van der Waals surface area contributed by atoms with Crippen molar-refractivity contribution in [3.05, 3.63) is 30.3 Å². The molecule has 10 nitrogen and oxygen atoms in total. The Morgan fingerprint density at radius 3 is 2.40 bits per heavy atom. The van der Waals surface area contributed by atoms with E-state index < -0.39 is 32.7 Å². The van der Waals surface area contributed by atoms with E-state index >= 15 is 0 Å². The van der Waals surface area contributed by atoms with Crippen LogP contribution in [0.5, 0.6) is 0 Å². The maximum absolute atomic E-state index is 13.6. The van der Waals surface area contributed by atoms with Gasteiger partial charge in [-0.3, -0.25) is 4.79 Å². The molecule has 0 saturated heterocycles. The molecule has 1 heterocycles. The summed E-state index contributed by atoms with van der Waals surface area (Å²) in [5.74, 6) is -1.95. The fourth-order valence-corrected chi connectivity index (χ4v) is 6.64. The number of tetrazole rings is 1. The zero-order valence-corrected chi connectivity index (χ0v) is 21.7. The second-order valence-corrected chi connectivity index (χ2v) is 13.4. The smallest absolute Gasteiger partial charge is 0.306 e. The Kier molecular flexibility index (Phi) is 6.34. The quantitative estimate of drug-likeness (QED) is 0.381. The molecule has 2 saturated carbocycles. The lowest BCUT2D eigenvalue weighted by atomic mass is 9.87. The average molecular weight is 507 g/mol. The second-order valence-electron chi connectivity index (χ2n) is 11.5. The number of para-hydroxylation sites is 1. The summed E-state index contributed by atoms with van der Waals surface area (Å²) in [6.07, 6.45) is 2.32. The molecule has 2 aliphatic rings. The summed E-state index contributed by atoms with van der Waals surface area (Å²) in [5, 5.41) is 21.3. The van der Waals surface area contributed by atoms with Gasteiger partial charge in [0.2, 0.25) is 9.84 Å². The molecule has 0 spiro atoms. The van der Waals surface area contributed by atoms with Gasteiger partial charge < -0.3 is 14.6 Å².